The number of hydrogen-bond donors (Lipinski definition) is 1. The smallest absolute Gasteiger partial charge is 0.323 e. The fourth-order valence-electron chi connectivity index (χ4n) is 1.12. The molecule has 0 unspecified atom stereocenters. The number of anilines is 1. The Kier molecular flexibility index (Phi) is 3.78. The van der Waals surface area contributed by atoms with Gasteiger partial charge in [0.25, 0.3) is 0 Å². The van der Waals surface area contributed by atoms with Crippen molar-refractivity contribution in [2.24, 2.45) is 0 Å². The largest absolute Gasteiger partial charge is 0.467 e. The van der Waals surface area contributed by atoms with Crippen LogP contribution in [0.15, 0.2) is 28.5 Å². The summed E-state index contributed by atoms with van der Waals surface area (Å²) in [6, 6.07) is 3.87. The molecule has 8 heteroatoms. The van der Waals surface area contributed by atoms with Crippen molar-refractivity contribution < 1.29 is 9.47 Å². The Balaban J connectivity index is 2.31. The van der Waals surface area contributed by atoms with Crippen LogP contribution in [0.2, 0.25) is 0 Å². The highest BCUT2D eigenvalue weighted by atomic mass is 32.2. The number of nitrogens with zero attached hydrogens (tertiary/aromatic N) is 4. The van der Waals surface area contributed by atoms with Crippen molar-refractivity contribution in [1.82, 2.24) is 19.9 Å². The molecule has 94 valence electrons. The standard InChI is InChI=1S/C10H11N5O2S/c1-16-8-13-9(17-2)15-10(14-8)18-7-6(11)4-3-5-12-7/h3-5H,11H2,1-2H3. The van der Waals surface area contributed by atoms with Crippen LogP contribution in [0.25, 0.3) is 0 Å². The zero-order valence-electron chi connectivity index (χ0n) is 9.82. The molecule has 0 aliphatic carbocycles. The number of rotatable bonds is 4. The van der Waals surface area contributed by atoms with Gasteiger partial charge in [-0.25, -0.2) is 4.98 Å². The summed E-state index contributed by atoms with van der Waals surface area (Å²) in [5.41, 5.74) is 6.35. The van der Waals surface area contributed by atoms with Gasteiger partial charge in [0.15, 0.2) is 0 Å². The van der Waals surface area contributed by atoms with Crippen LogP contribution in [0.1, 0.15) is 0 Å². The normalized spacial score (nSPS) is 10.1. The van der Waals surface area contributed by atoms with Crippen LogP contribution in [-0.2, 0) is 0 Å². The summed E-state index contributed by atoms with van der Waals surface area (Å²) in [6.45, 7) is 0. The molecule has 0 fully saturated rings. The van der Waals surface area contributed by atoms with Crippen LogP contribution >= 0.6 is 11.8 Å². The van der Waals surface area contributed by atoms with E-state index in [2.05, 4.69) is 19.9 Å². The number of methoxy groups -OCH3 is 2. The first kappa shape index (κ1) is 12.4. The number of pyridine rings is 1. The lowest BCUT2D eigenvalue weighted by molar-refractivity contribution is 0.332. The molecule has 18 heavy (non-hydrogen) atoms. The van der Waals surface area contributed by atoms with Gasteiger partial charge < -0.3 is 15.2 Å². The van der Waals surface area contributed by atoms with Gasteiger partial charge in [-0.2, -0.15) is 9.97 Å². The molecule has 2 heterocycles. The van der Waals surface area contributed by atoms with Crippen molar-refractivity contribution in [1.29, 1.82) is 0 Å². The molecule has 0 saturated carbocycles. The molecular formula is C10H11N5O2S. The molecule has 0 aliphatic heterocycles. The average Bonchev–Trinajstić information content (AvgIpc) is 2.41. The van der Waals surface area contributed by atoms with Gasteiger partial charge in [0.2, 0.25) is 5.16 Å². The van der Waals surface area contributed by atoms with Gasteiger partial charge >= 0.3 is 12.0 Å². The molecule has 0 radical (unpaired) electrons. The first-order valence-corrected chi connectivity index (χ1v) is 5.77. The summed E-state index contributed by atoms with van der Waals surface area (Å²) >= 11 is 1.21. The minimum Gasteiger partial charge on any atom is -0.467 e. The molecule has 0 bridgehead atoms. The molecule has 0 saturated heterocycles. The second kappa shape index (κ2) is 5.50. The maximum absolute atomic E-state index is 5.79. The zero-order valence-corrected chi connectivity index (χ0v) is 10.6. The highest BCUT2D eigenvalue weighted by Gasteiger charge is 2.10. The summed E-state index contributed by atoms with van der Waals surface area (Å²) < 4.78 is 9.92. The van der Waals surface area contributed by atoms with E-state index in [1.165, 1.54) is 26.0 Å². The van der Waals surface area contributed by atoms with Crippen molar-refractivity contribution in [2.45, 2.75) is 10.2 Å². The highest BCUT2D eigenvalue weighted by molar-refractivity contribution is 7.99. The Labute approximate surface area is 108 Å². The van der Waals surface area contributed by atoms with Gasteiger partial charge in [-0.3, -0.25) is 0 Å². The molecule has 0 aliphatic rings. The van der Waals surface area contributed by atoms with E-state index in [9.17, 15) is 0 Å². The highest BCUT2D eigenvalue weighted by Crippen LogP contribution is 2.28. The van der Waals surface area contributed by atoms with Crippen molar-refractivity contribution in [3.63, 3.8) is 0 Å². The Bertz CT molecular complexity index is 529. The Morgan fingerprint density at radius 3 is 2.33 bits per heavy atom. The lowest BCUT2D eigenvalue weighted by Gasteiger charge is -2.05. The van der Waals surface area contributed by atoms with Crippen LogP contribution < -0.4 is 15.2 Å². The van der Waals surface area contributed by atoms with Gasteiger partial charge in [0.05, 0.1) is 19.9 Å². The van der Waals surface area contributed by atoms with Crippen molar-refractivity contribution in [3.05, 3.63) is 18.3 Å². The van der Waals surface area contributed by atoms with Crippen molar-refractivity contribution in [3.8, 4) is 12.0 Å². The van der Waals surface area contributed by atoms with Crippen LogP contribution in [0.5, 0.6) is 12.0 Å². The SMILES string of the molecule is COc1nc(OC)nc(Sc2ncccc2N)n1. The van der Waals surface area contributed by atoms with E-state index in [1.54, 1.807) is 18.3 Å². The van der Waals surface area contributed by atoms with Gasteiger partial charge in [-0.15, -0.1) is 4.98 Å². The maximum atomic E-state index is 5.79. The van der Waals surface area contributed by atoms with Gasteiger partial charge in [0.1, 0.15) is 5.03 Å². The minimum atomic E-state index is 0.179. The number of nitrogens with two attached hydrogens (primary N) is 1. The molecule has 0 spiro atoms. The van der Waals surface area contributed by atoms with Crippen LogP contribution in [-0.4, -0.2) is 34.2 Å². The zero-order chi connectivity index (χ0) is 13.0. The molecule has 7 nitrogen and oxygen atoms in total. The van der Waals surface area contributed by atoms with E-state index in [0.29, 0.717) is 15.9 Å². The Morgan fingerprint density at radius 1 is 1.11 bits per heavy atom. The topological polar surface area (TPSA) is 96.0 Å². The van der Waals surface area contributed by atoms with Crippen molar-refractivity contribution >= 4 is 17.4 Å². The molecule has 2 N–H and O–H groups in total. The molecule has 0 atom stereocenters. The average molecular weight is 265 g/mol. The van der Waals surface area contributed by atoms with Crippen molar-refractivity contribution in [2.75, 3.05) is 20.0 Å². The summed E-state index contributed by atoms with van der Waals surface area (Å²) in [5, 5.41) is 1.02. The number of hydrogen-bond acceptors (Lipinski definition) is 8. The summed E-state index contributed by atoms with van der Waals surface area (Å²) in [5.74, 6) is 0. The quantitative estimate of drug-likeness (QED) is 0.875. The summed E-state index contributed by atoms with van der Waals surface area (Å²) in [6.07, 6.45) is 1.65. The van der Waals surface area contributed by atoms with E-state index in [0.717, 1.165) is 0 Å². The second-order valence-electron chi connectivity index (χ2n) is 3.09. The van der Waals surface area contributed by atoms with E-state index >= 15 is 0 Å². The van der Waals surface area contributed by atoms with Gasteiger partial charge in [0, 0.05) is 6.20 Å². The van der Waals surface area contributed by atoms with E-state index in [-0.39, 0.29) is 12.0 Å². The number of nitrogen functional groups attached to an aromatic ring is 1. The summed E-state index contributed by atoms with van der Waals surface area (Å²) in [4.78, 5) is 16.2. The second-order valence-corrected chi connectivity index (χ2v) is 4.05. The van der Waals surface area contributed by atoms with Gasteiger partial charge in [-0.05, 0) is 23.9 Å². The number of ether oxygens (including phenoxy) is 2. The third-order valence-corrected chi connectivity index (χ3v) is 2.83. The number of aromatic nitrogens is 4. The fourth-order valence-corrected chi connectivity index (χ4v) is 1.84. The molecule has 2 aromatic rings. The van der Waals surface area contributed by atoms with Gasteiger partial charge in [-0.1, -0.05) is 0 Å². The molecular weight excluding hydrogens is 254 g/mol. The fraction of sp³-hybridized carbons (Fsp3) is 0.200. The van der Waals surface area contributed by atoms with Crippen LogP contribution in [0.4, 0.5) is 5.69 Å². The van der Waals surface area contributed by atoms with E-state index < -0.39 is 0 Å². The van der Waals surface area contributed by atoms with E-state index in [1.807, 2.05) is 0 Å². The minimum absolute atomic E-state index is 0.179. The Morgan fingerprint density at radius 2 is 1.78 bits per heavy atom. The molecule has 2 rings (SSSR count). The molecule has 0 amide bonds. The summed E-state index contributed by atoms with van der Waals surface area (Å²) in [7, 11) is 2.94. The lowest BCUT2D eigenvalue weighted by atomic mass is 10.4. The van der Waals surface area contributed by atoms with Crippen LogP contribution in [0, 0.1) is 0 Å². The lowest BCUT2D eigenvalue weighted by Crippen LogP contribution is -2.00. The molecule has 2 aromatic heterocycles. The van der Waals surface area contributed by atoms with Crippen LogP contribution in [0.3, 0.4) is 0 Å². The maximum Gasteiger partial charge on any atom is 0.323 e. The van der Waals surface area contributed by atoms with E-state index in [4.69, 9.17) is 15.2 Å². The monoisotopic (exact) mass is 265 g/mol. The third kappa shape index (κ3) is 2.77. The predicted molar refractivity (Wildman–Crippen MR) is 65.7 cm³/mol. The first-order chi connectivity index (χ1) is 8.72. The third-order valence-electron chi connectivity index (χ3n) is 1.93. The predicted octanol–water partition coefficient (Wildman–Crippen LogP) is 1.02. The molecule has 0 aromatic carbocycles. The Hall–Kier alpha value is -2.09. The first-order valence-electron chi connectivity index (χ1n) is 4.95.